The van der Waals surface area contributed by atoms with E-state index >= 15 is 0 Å². The molecule has 2 heterocycles. The zero-order chi connectivity index (χ0) is 30.6. The second kappa shape index (κ2) is 12.7. The van der Waals surface area contributed by atoms with Crippen LogP contribution >= 0.6 is 31.9 Å². The van der Waals surface area contributed by atoms with E-state index in [9.17, 15) is 13.9 Å². The van der Waals surface area contributed by atoms with Gasteiger partial charge in [0.15, 0.2) is 0 Å². The first-order chi connectivity index (χ1) is 19.1. The van der Waals surface area contributed by atoms with E-state index in [1.165, 1.54) is 37.2 Å². The van der Waals surface area contributed by atoms with Crippen molar-refractivity contribution in [3.8, 4) is 0 Å². The predicted octanol–water partition coefficient (Wildman–Crippen LogP) is 7.97. The van der Waals surface area contributed by atoms with Crippen LogP contribution in [0.25, 0.3) is 0 Å². The Kier molecular flexibility index (Phi) is 10.2. The molecule has 1 N–H and O–H groups in total. The maximum Gasteiger partial charge on any atom is 0.130 e. The number of aromatic nitrogens is 4. The molecule has 4 rings (SSSR count). The normalized spacial score (nSPS) is 14.8. The molecule has 0 spiro atoms. The lowest BCUT2D eigenvalue weighted by molar-refractivity contribution is -0.0673. The number of hydrogen-bond acceptors (Lipinski definition) is 6. The summed E-state index contributed by atoms with van der Waals surface area (Å²) in [5, 5.41) is 11.2. The number of rotatable bonds is 5. The lowest BCUT2D eigenvalue weighted by Gasteiger charge is -2.44. The summed E-state index contributed by atoms with van der Waals surface area (Å²) in [4.78, 5) is 16.0. The van der Waals surface area contributed by atoms with E-state index in [4.69, 9.17) is 4.74 Å². The van der Waals surface area contributed by atoms with E-state index in [1.54, 1.807) is 37.7 Å². The van der Waals surface area contributed by atoms with Crippen LogP contribution in [0.15, 0.2) is 82.8 Å². The highest BCUT2D eigenvalue weighted by Gasteiger charge is 2.48. The zero-order valence-corrected chi connectivity index (χ0v) is 27.3. The van der Waals surface area contributed by atoms with Crippen molar-refractivity contribution in [1.82, 2.24) is 19.9 Å². The summed E-state index contributed by atoms with van der Waals surface area (Å²) >= 11 is 6.51. The van der Waals surface area contributed by atoms with Crippen LogP contribution in [-0.4, -0.2) is 32.2 Å². The quantitative estimate of drug-likeness (QED) is 0.229. The average molecular weight is 692 g/mol. The van der Waals surface area contributed by atoms with Crippen molar-refractivity contribution in [3.63, 3.8) is 0 Å². The molecule has 218 valence electrons. The molecule has 0 aliphatic carbocycles. The van der Waals surface area contributed by atoms with Crippen LogP contribution in [0.1, 0.15) is 63.8 Å². The predicted molar refractivity (Wildman–Crippen MR) is 162 cm³/mol. The van der Waals surface area contributed by atoms with Crippen molar-refractivity contribution in [1.29, 1.82) is 0 Å². The molecule has 10 heteroatoms. The highest BCUT2D eigenvalue weighted by atomic mass is 79.9. The Bertz CT molecular complexity index is 1460. The average Bonchev–Trinajstić information content (AvgIpc) is 2.90. The summed E-state index contributed by atoms with van der Waals surface area (Å²) in [5.74, 6) is -0.800. The SMILES string of the molecule is CC(C)(C)C(O)(c1cncnc1)c1ccc(Br)cc1F.COC(c1cncnc1)(c1ccc(Br)cc1F)C(C)(C)C. The van der Waals surface area contributed by atoms with Gasteiger partial charge in [-0.1, -0.05) is 85.5 Å². The van der Waals surface area contributed by atoms with Crippen molar-refractivity contribution in [3.05, 3.63) is 117 Å². The van der Waals surface area contributed by atoms with Gasteiger partial charge in [0.2, 0.25) is 0 Å². The third-order valence-corrected chi connectivity index (χ3v) is 8.01. The van der Waals surface area contributed by atoms with Crippen LogP contribution in [0.4, 0.5) is 8.78 Å². The molecule has 2 unspecified atom stereocenters. The minimum Gasteiger partial charge on any atom is -0.380 e. The second-order valence-electron chi connectivity index (χ2n) is 11.6. The molecule has 2 aromatic heterocycles. The second-order valence-corrected chi connectivity index (χ2v) is 13.4. The first kappa shape index (κ1) is 32.8. The number of hydrogen-bond donors (Lipinski definition) is 1. The first-order valence-electron chi connectivity index (χ1n) is 12.8. The van der Waals surface area contributed by atoms with Crippen molar-refractivity contribution in [2.24, 2.45) is 10.8 Å². The molecular formula is C31H34Br2F2N4O2. The number of ether oxygens (including phenoxy) is 1. The largest absolute Gasteiger partial charge is 0.380 e. The van der Waals surface area contributed by atoms with Crippen LogP contribution in [0.2, 0.25) is 0 Å². The first-order valence-corrected chi connectivity index (χ1v) is 14.4. The van der Waals surface area contributed by atoms with Gasteiger partial charge in [0.1, 0.15) is 35.5 Å². The fourth-order valence-corrected chi connectivity index (χ4v) is 5.71. The molecule has 0 amide bonds. The number of nitrogens with zero attached hydrogens (tertiary/aromatic N) is 4. The Morgan fingerprint density at radius 3 is 1.44 bits per heavy atom. The fourth-order valence-electron chi connectivity index (χ4n) is 5.04. The van der Waals surface area contributed by atoms with Gasteiger partial charge in [-0.25, -0.2) is 28.7 Å². The van der Waals surface area contributed by atoms with Gasteiger partial charge in [-0.15, -0.1) is 0 Å². The van der Waals surface area contributed by atoms with Crippen molar-refractivity contribution in [2.75, 3.05) is 7.11 Å². The van der Waals surface area contributed by atoms with Gasteiger partial charge in [0.05, 0.1) is 0 Å². The van der Waals surface area contributed by atoms with Gasteiger partial charge >= 0.3 is 0 Å². The summed E-state index contributed by atoms with van der Waals surface area (Å²) in [6.45, 7) is 11.6. The van der Waals surface area contributed by atoms with Crippen LogP contribution in [-0.2, 0) is 15.9 Å². The molecule has 2 aromatic carbocycles. The Labute approximate surface area is 256 Å². The standard InChI is InChI=1S/C16H18BrFN2O.C15H16BrFN2O/c1-15(2,3)16(21-4,11-8-19-10-20-9-11)13-6-5-12(17)7-14(13)18;1-14(2,3)15(20,10-7-18-9-19-8-10)12-5-4-11(16)6-13(12)17/h5-10H,1-4H3;4-9,20H,1-3H3. The Morgan fingerprint density at radius 1 is 0.659 bits per heavy atom. The van der Waals surface area contributed by atoms with Crippen molar-refractivity contribution < 1.29 is 18.6 Å². The van der Waals surface area contributed by atoms with E-state index in [1.807, 2.05) is 47.6 Å². The fraction of sp³-hybridized carbons (Fsp3) is 0.355. The van der Waals surface area contributed by atoms with Crippen LogP contribution in [0.5, 0.6) is 0 Å². The van der Waals surface area contributed by atoms with Crippen molar-refractivity contribution >= 4 is 31.9 Å². The van der Waals surface area contributed by atoms with E-state index in [2.05, 4.69) is 51.8 Å². The van der Waals surface area contributed by atoms with Gasteiger partial charge in [-0.2, -0.15) is 0 Å². The van der Waals surface area contributed by atoms with Crippen molar-refractivity contribution in [2.45, 2.75) is 52.7 Å². The number of aliphatic hydroxyl groups is 1. The molecule has 6 nitrogen and oxygen atoms in total. The summed E-state index contributed by atoms with van der Waals surface area (Å²) in [6, 6.07) is 9.62. The molecule has 0 saturated heterocycles. The van der Waals surface area contributed by atoms with E-state index in [0.717, 1.165) is 5.56 Å². The molecule has 0 fully saturated rings. The molecule has 2 atom stereocenters. The van der Waals surface area contributed by atoms with Crippen LogP contribution < -0.4 is 0 Å². The lowest BCUT2D eigenvalue weighted by Crippen LogP contribution is -2.44. The summed E-state index contributed by atoms with van der Waals surface area (Å²) in [6.07, 6.45) is 9.20. The molecule has 0 bridgehead atoms. The minimum atomic E-state index is -1.51. The smallest absolute Gasteiger partial charge is 0.130 e. The van der Waals surface area contributed by atoms with Crippen LogP contribution in [0.3, 0.4) is 0 Å². The van der Waals surface area contributed by atoms with Crippen LogP contribution in [0, 0.1) is 22.5 Å². The third-order valence-electron chi connectivity index (χ3n) is 7.02. The van der Waals surface area contributed by atoms with Gasteiger partial charge in [0, 0.05) is 63.1 Å². The number of halogens is 4. The zero-order valence-electron chi connectivity index (χ0n) is 24.1. The third kappa shape index (κ3) is 6.56. The number of methoxy groups -OCH3 is 1. The van der Waals surface area contributed by atoms with Gasteiger partial charge in [0.25, 0.3) is 0 Å². The maximum atomic E-state index is 14.6. The Hall–Kier alpha value is -2.66. The topological polar surface area (TPSA) is 81.0 Å². The monoisotopic (exact) mass is 690 g/mol. The molecular weight excluding hydrogens is 658 g/mol. The lowest BCUT2D eigenvalue weighted by atomic mass is 9.68. The van der Waals surface area contributed by atoms with Gasteiger partial charge < -0.3 is 9.84 Å². The summed E-state index contributed by atoms with van der Waals surface area (Å²) in [5.41, 5.74) is -1.65. The van der Waals surface area contributed by atoms with E-state index in [0.29, 0.717) is 20.1 Å². The molecule has 0 radical (unpaired) electrons. The number of benzene rings is 2. The highest BCUT2D eigenvalue weighted by molar-refractivity contribution is 9.10. The Morgan fingerprint density at radius 2 is 1.07 bits per heavy atom. The highest BCUT2D eigenvalue weighted by Crippen LogP contribution is 2.48. The van der Waals surface area contributed by atoms with Gasteiger partial charge in [-0.05, 0) is 35.1 Å². The van der Waals surface area contributed by atoms with E-state index < -0.39 is 27.8 Å². The maximum absolute atomic E-state index is 14.6. The molecule has 4 aromatic rings. The van der Waals surface area contributed by atoms with E-state index in [-0.39, 0.29) is 11.4 Å². The minimum absolute atomic E-state index is 0.211. The summed E-state index contributed by atoms with van der Waals surface area (Å²) in [7, 11) is 1.58. The molecule has 0 aliphatic heterocycles. The molecule has 0 saturated carbocycles. The van der Waals surface area contributed by atoms with Gasteiger partial charge in [-0.3, -0.25) is 0 Å². The Balaban J connectivity index is 0.000000226. The summed E-state index contributed by atoms with van der Waals surface area (Å²) < 4.78 is 36.1. The molecule has 41 heavy (non-hydrogen) atoms. The molecule has 0 aliphatic rings.